The number of likely N-dealkylation sites (tertiary alicyclic amines) is 1. The number of imide groups is 1. The van der Waals surface area contributed by atoms with Crippen LogP contribution in [0.4, 0.5) is 10.1 Å². The van der Waals surface area contributed by atoms with Crippen molar-refractivity contribution in [3.05, 3.63) is 29.6 Å². The molecule has 1 heterocycles. The molecule has 0 spiro atoms. The van der Waals surface area contributed by atoms with Crippen molar-refractivity contribution >= 4 is 23.4 Å². The molecule has 0 aromatic heterocycles. The SMILES string of the molecule is Cc1ccc(NC(=O)CN2C(=O)CCC2=O)cc1F. The summed E-state index contributed by atoms with van der Waals surface area (Å²) in [6.45, 7) is 1.29. The Labute approximate surface area is 109 Å². The van der Waals surface area contributed by atoms with Gasteiger partial charge in [-0.05, 0) is 24.6 Å². The number of benzene rings is 1. The predicted octanol–water partition coefficient (Wildman–Crippen LogP) is 1.22. The van der Waals surface area contributed by atoms with Gasteiger partial charge in [-0.3, -0.25) is 19.3 Å². The Morgan fingerprint density at radius 3 is 2.53 bits per heavy atom. The predicted molar refractivity (Wildman–Crippen MR) is 65.7 cm³/mol. The molecule has 2 rings (SSSR count). The number of aryl methyl sites for hydroxylation is 1. The molecule has 1 aliphatic rings. The van der Waals surface area contributed by atoms with Crippen molar-refractivity contribution in [1.29, 1.82) is 0 Å². The second-order valence-corrected chi connectivity index (χ2v) is 4.39. The summed E-state index contributed by atoms with van der Waals surface area (Å²) in [5.74, 6) is -1.65. The minimum absolute atomic E-state index is 0.144. The zero-order chi connectivity index (χ0) is 14.0. The Hall–Kier alpha value is -2.24. The third kappa shape index (κ3) is 2.96. The average Bonchev–Trinajstić information content (AvgIpc) is 2.66. The van der Waals surface area contributed by atoms with Crippen molar-refractivity contribution in [2.45, 2.75) is 19.8 Å². The van der Waals surface area contributed by atoms with Gasteiger partial charge in [-0.15, -0.1) is 0 Å². The summed E-state index contributed by atoms with van der Waals surface area (Å²) in [6, 6.07) is 4.29. The van der Waals surface area contributed by atoms with Crippen LogP contribution >= 0.6 is 0 Å². The molecule has 1 fully saturated rings. The number of hydrogen-bond donors (Lipinski definition) is 1. The van der Waals surface area contributed by atoms with Gasteiger partial charge in [0.05, 0.1) is 0 Å². The van der Waals surface area contributed by atoms with Crippen LogP contribution < -0.4 is 5.32 Å². The second-order valence-electron chi connectivity index (χ2n) is 4.39. The maximum Gasteiger partial charge on any atom is 0.244 e. The molecule has 0 bridgehead atoms. The van der Waals surface area contributed by atoms with E-state index in [2.05, 4.69) is 5.32 Å². The lowest BCUT2D eigenvalue weighted by Crippen LogP contribution is -2.36. The number of hydrogen-bond acceptors (Lipinski definition) is 3. The molecule has 0 aliphatic carbocycles. The highest BCUT2D eigenvalue weighted by Gasteiger charge is 2.30. The summed E-state index contributed by atoms with van der Waals surface area (Å²) < 4.78 is 13.3. The topological polar surface area (TPSA) is 66.5 Å². The molecule has 0 radical (unpaired) electrons. The molecule has 0 unspecified atom stereocenters. The number of carbonyl (C=O) groups excluding carboxylic acids is 3. The monoisotopic (exact) mass is 264 g/mol. The van der Waals surface area contributed by atoms with E-state index in [4.69, 9.17) is 0 Å². The fourth-order valence-electron chi connectivity index (χ4n) is 1.81. The van der Waals surface area contributed by atoms with E-state index in [1.807, 2.05) is 0 Å². The zero-order valence-electron chi connectivity index (χ0n) is 10.4. The first-order chi connectivity index (χ1) is 8.97. The molecule has 1 aliphatic heterocycles. The highest BCUT2D eigenvalue weighted by molar-refractivity contribution is 6.06. The summed E-state index contributed by atoms with van der Waals surface area (Å²) in [5.41, 5.74) is 0.773. The number of halogens is 1. The van der Waals surface area contributed by atoms with Crippen LogP contribution in [0.15, 0.2) is 18.2 Å². The molecule has 0 atom stereocenters. The quantitative estimate of drug-likeness (QED) is 0.835. The molecule has 3 amide bonds. The lowest BCUT2D eigenvalue weighted by atomic mass is 10.2. The van der Waals surface area contributed by atoms with Gasteiger partial charge in [0, 0.05) is 18.5 Å². The highest BCUT2D eigenvalue weighted by Crippen LogP contribution is 2.15. The molecule has 1 aromatic rings. The number of nitrogens with one attached hydrogen (secondary N) is 1. The molecular weight excluding hydrogens is 251 g/mol. The van der Waals surface area contributed by atoms with E-state index in [0.29, 0.717) is 11.3 Å². The van der Waals surface area contributed by atoms with E-state index in [0.717, 1.165) is 4.90 Å². The molecule has 6 heteroatoms. The maximum absolute atomic E-state index is 13.3. The van der Waals surface area contributed by atoms with E-state index in [1.54, 1.807) is 13.0 Å². The van der Waals surface area contributed by atoms with E-state index in [9.17, 15) is 18.8 Å². The van der Waals surface area contributed by atoms with E-state index >= 15 is 0 Å². The molecule has 1 N–H and O–H groups in total. The first-order valence-corrected chi connectivity index (χ1v) is 5.86. The summed E-state index contributed by atoms with van der Waals surface area (Å²) in [6.07, 6.45) is 0.288. The van der Waals surface area contributed by atoms with Crippen LogP contribution in [0.25, 0.3) is 0 Å². The molecular formula is C13H13FN2O3. The summed E-state index contributed by atoms with van der Waals surface area (Å²) in [5, 5.41) is 2.45. The Balaban J connectivity index is 1.99. The van der Waals surface area contributed by atoms with Crippen molar-refractivity contribution < 1.29 is 18.8 Å². The number of carbonyl (C=O) groups is 3. The fourth-order valence-corrected chi connectivity index (χ4v) is 1.81. The number of rotatable bonds is 3. The minimum atomic E-state index is -0.521. The van der Waals surface area contributed by atoms with Crippen molar-refractivity contribution in [2.24, 2.45) is 0 Å². The smallest absolute Gasteiger partial charge is 0.244 e. The van der Waals surface area contributed by atoms with Crippen LogP contribution in [0.3, 0.4) is 0 Å². The number of nitrogens with zero attached hydrogens (tertiary/aromatic N) is 1. The Morgan fingerprint density at radius 2 is 1.95 bits per heavy atom. The number of anilines is 1. The zero-order valence-corrected chi connectivity index (χ0v) is 10.4. The molecule has 19 heavy (non-hydrogen) atoms. The van der Waals surface area contributed by atoms with E-state index in [-0.39, 0.29) is 31.2 Å². The molecule has 100 valence electrons. The second kappa shape index (κ2) is 5.17. The van der Waals surface area contributed by atoms with Crippen LogP contribution in [-0.4, -0.2) is 29.2 Å². The van der Waals surface area contributed by atoms with Crippen molar-refractivity contribution in [3.63, 3.8) is 0 Å². The van der Waals surface area contributed by atoms with Crippen molar-refractivity contribution in [3.8, 4) is 0 Å². The summed E-state index contributed by atoms with van der Waals surface area (Å²) in [4.78, 5) is 35.3. The van der Waals surface area contributed by atoms with Crippen LogP contribution in [0.5, 0.6) is 0 Å². The lowest BCUT2D eigenvalue weighted by molar-refractivity contribution is -0.141. The lowest BCUT2D eigenvalue weighted by Gasteiger charge is -2.13. The Kier molecular flexibility index (Phi) is 3.59. The average molecular weight is 264 g/mol. The molecule has 0 saturated carbocycles. The first kappa shape index (κ1) is 13.2. The van der Waals surface area contributed by atoms with Gasteiger partial charge >= 0.3 is 0 Å². The molecule has 1 aromatic carbocycles. The van der Waals surface area contributed by atoms with Crippen molar-refractivity contribution in [2.75, 3.05) is 11.9 Å². The molecule has 5 nitrogen and oxygen atoms in total. The van der Waals surface area contributed by atoms with Gasteiger partial charge in [-0.25, -0.2) is 4.39 Å². The van der Waals surface area contributed by atoms with Crippen LogP contribution in [0.1, 0.15) is 18.4 Å². The minimum Gasteiger partial charge on any atom is -0.324 e. The van der Waals surface area contributed by atoms with Gasteiger partial charge in [-0.1, -0.05) is 6.07 Å². The van der Waals surface area contributed by atoms with Crippen LogP contribution in [0, 0.1) is 12.7 Å². The van der Waals surface area contributed by atoms with Gasteiger partial charge in [-0.2, -0.15) is 0 Å². The van der Waals surface area contributed by atoms with Gasteiger partial charge in [0.15, 0.2) is 0 Å². The normalized spacial score (nSPS) is 14.9. The van der Waals surface area contributed by atoms with Crippen LogP contribution in [0.2, 0.25) is 0 Å². The molecule has 1 saturated heterocycles. The van der Waals surface area contributed by atoms with Gasteiger partial charge in [0.25, 0.3) is 0 Å². The van der Waals surface area contributed by atoms with E-state index < -0.39 is 11.7 Å². The van der Waals surface area contributed by atoms with Gasteiger partial charge < -0.3 is 5.32 Å². The van der Waals surface area contributed by atoms with Crippen molar-refractivity contribution in [1.82, 2.24) is 4.90 Å². The first-order valence-electron chi connectivity index (χ1n) is 5.86. The van der Waals surface area contributed by atoms with Gasteiger partial charge in [0.1, 0.15) is 12.4 Å². The van der Waals surface area contributed by atoms with Gasteiger partial charge in [0.2, 0.25) is 17.7 Å². The third-order valence-corrected chi connectivity index (χ3v) is 2.91. The standard InChI is InChI=1S/C13H13FN2O3/c1-8-2-3-9(6-10(8)14)15-11(17)7-16-12(18)4-5-13(16)19/h2-3,6H,4-5,7H2,1H3,(H,15,17). The fraction of sp³-hybridized carbons (Fsp3) is 0.308. The summed E-state index contributed by atoms with van der Waals surface area (Å²) >= 11 is 0. The maximum atomic E-state index is 13.3. The largest absolute Gasteiger partial charge is 0.324 e. The summed E-state index contributed by atoms with van der Waals surface area (Å²) in [7, 11) is 0. The van der Waals surface area contributed by atoms with Crippen LogP contribution in [-0.2, 0) is 14.4 Å². The highest BCUT2D eigenvalue weighted by atomic mass is 19.1. The number of amides is 3. The Bertz CT molecular complexity index is 541. The van der Waals surface area contributed by atoms with E-state index in [1.165, 1.54) is 12.1 Å². The third-order valence-electron chi connectivity index (χ3n) is 2.91. The Morgan fingerprint density at radius 1 is 1.32 bits per heavy atom.